The number of aromatic nitrogens is 2. The van der Waals surface area contributed by atoms with Gasteiger partial charge in [-0.1, -0.05) is 0 Å². The van der Waals surface area contributed by atoms with Gasteiger partial charge in [-0.3, -0.25) is 24.1 Å². The van der Waals surface area contributed by atoms with Crippen molar-refractivity contribution in [3.63, 3.8) is 0 Å². The van der Waals surface area contributed by atoms with Crippen molar-refractivity contribution in [3.8, 4) is 11.5 Å². The first-order chi connectivity index (χ1) is 17.1. The lowest BCUT2D eigenvalue weighted by molar-refractivity contribution is 0.0944. The molecule has 0 radical (unpaired) electrons. The van der Waals surface area contributed by atoms with E-state index in [0.717, 1.165) is 0 Å². The third kappa shape index (κ3) is 6.52. The smallest absolute Gasteiger partial charge is 0.293 e. The number of rotatable bonds is 12. The van der Waals surface area contributed by atoms with Gasteiger partial charge in [0.05, 0.1) is 25.3 Å². The molecule has 0 aliphatic rings. The number of pyridine rings is 2. The number of nitrogens with two attached hydrogens (primary N) is 1. The summed E-state index contributed by atoms with van der Waals surface area (Å²) in [4.78, 5) is 52.1. The van der Waals surface area contributed by atoms with E-state index in [9.17, 15) is 19.2 Å². The standard InChI is InChI=1S/C24H36N6O6/c1-15-13-17(19(35-5)23(33)28(15)3)21(31)26-8-11-30(10-7-25)12-9-27-22(32)18-14-16(2)29(4)24(34)20(18)36-6/h13-14H,7-12,25H2,1-6H3,(H,26,31)(H,27,32). The lowest BCUT2D eigenvalue weighted by Gasteiger charge is -2.22. The molecule has 2 amide bonds. The lowest BCUT2D eigenvalue weighted by Crippen LogP contribution is -2.42. The number of ether oxygens (including phenoxy) is 2. The van der Waals surface area contributed by atoms with E-state index >= 15 is 0 Å². The van der Waals surface area contributed by atoms with Crippen molar-refractivity contribution in [1.82, 2.24) is 24.7 Å². The molecule has 0 aliphatic heterocycles. The van der Waals surface area contributed by atoms with Crippen molar-refractivity contribution in [3.05, 3.63) is 55.4 Å². The van der Waals surface area contributed by atoms with Gasteiger partial charge in [0.15, 0.2) is 11.5 Å². The molecule has 0 aliphatic carbocycles. The SMILES string of the molecule is COc1c(C(=O)NCCN(CCN)CCNC(=O)c2cc(C)n(C)c(=O)c2OC)cc(C)n(C)c1=O. The van der Waals surface area contributed by atoms with Crippen LogP contribution in [0.2, 0.25) is 0 Å². The molecule has 2 heterocycles. The van der Waals surface area contributed by atoms with Gasteiger partial charge in [0.1, 0.15) is 0 Å². The molecule has 0 unspecified atom stereocenters. The van der Waals surface area contributed by atoms with E-state index in [-0.39, 0.29) is 33.7 Å². The van der Waals surface area contributed by atoms with Crippen LogP contribution in [0.5, 0.6) is 11.5 Å². The minimum absolute atomic E-state index is 0.0106. The Morgan fingerprint density at radius 2 is 1.22 bits per heavy atom. The fourth-order valence-electron chi connectivity index (χ4n) is 3.69. The van der Waals surface area contributed by atoms with Crippen molar-refractivity contribution >= 4 is 11.8 Å². The molecular weight excluding hydrogens is 468 g/mol. The van der Waals surface area contributed by atoms with E-state index < -0.39 is 11.8 Å². The minimum atomic E-state index is -0.415. The second kappa shape index (κ2) is 12.9. The van der Waals surface area contributed by atoms with Crippen LogP contribution in [0.15, 0.2) is 21.7 Å². The molecule has 36 heavy (non-hydrogen) atoms. The highest BCUT2D eigenvalue weighted by Gasteiger charge is 2.19. The van der Waals surface area contributed by atoms with Gasteiger partial charge in [-0.15, -0.1) is 0 Å². The predicted molar refractivity (Wildman–Crippen MR) is 136 cm³/mol. The number of aryl methyl sites for hydroxylation is 2. The molecule has 0 fully saturated rings. The number of hydrogen-bond acceptors (Lipinski definition) is 8. The van der Waals surface area contributed by atoms with Crippen LogP contribution in [0, 0.1) is 13.8 Å². The number of carbonyl (C=O) groups is 2. The average Bonchev–Trinajstić information content (AvgIpc) is 2.85. The fraction of sp³-hybridized carbons (Fsp3) is 0.500. The lowest BCUT2D eigenvalue weighted by atomic mass is 10.2. The summed E-state index contributed by atoms with van der Waals surface area (Å²) >= 11 is 0. The van der Waals surface area contributed by atoms with E-state index in [4.69, 9.17) is 15.2 Å². The van der Waals surface area contributed by atoms with Crippen LogP contribution < -0.4 is 37.0 Å². The van der Waals surface area contributed by atoms with Crippen LogP contribution in [0.1, 0.15) is 32.1 Å². The Balaban J connectivity index is 1.97. The number of amides is 2. The first-order valence-corrected chi connectivity index (χ1v) is 11.5. The van der Waals surface area contributed by atoms with Crippen LogP contribution in [0.4, 0.5) is 0 Å². The molecular formula is C24H36N6O6. The molecule has 0 bridgehead atoms. The molecule has 2 aromatic rings. The molecule has 0 saturated heterocycles. The van der Waals surface area contributed by atoms with E-state index in [2.05, 4.69) is 10.6 Å². The summed E-state index contributed by atoms with van der Waals surface area (Å²) in [5, 5.41) is 5.61. The molecule has 0 atom stereocenters. The van der Waals surface area contributed by atoms with Crippen LogP contribution in [-0.4, -0.2) is 79.3 Å². The summed E-state index contributed by atoms with van der Waals surface area (Å²) in [5.74, 6) is -0.851. The first-order valence-electron chi connectivity index (χ1n) is 11.5. The normalized spacial score (nSPS) is 10.9. The Kier molecular flexibility index (Phi) is 10.2. The zero-order valence-corrected chi connectivity index (χ0v) is 21.8. The summed E-state index contributed by atoms with van der Waals surface area (Å²) < 4.78 is 13.1. The van der Waals surface area contributed by atoms with Crippen molar-refractivity contribution in [2.45, 2.75) is 13.8 Å². The molecule has 198 valence electrons. The molecule has 12 heteroatoms. The van der Waals surface area contributed by atoms with Crippen molar-refractivity contribution < 1.29 is 19.1 Å². The zero-order valence-electron chi connectivity index (χ0n) is 21.8. The predicted octanol–water partition coefficient (Wildman–Crippen LogP) is -0.861. The van der Waals surface area contributed by atoms with Crippen LogP contribution in [0.25, 0.3) is 0 Å². The van der Waals surface area contributed by atoms with Gasteiger partial charge < -0.3 is 35.0 Å². The van der Waals surface area contributed by atoms with Gasteiger partial charge in [0.2, 0.25) is 0 Å². The number of carbonyl (C=O) groups excluding carboxylic acids is 2. The van der Waals surface area contributed by atoms with Gasteiger partial charge in [-0.25, -0.2) is 0 Å². The van der Waals surface area contributed by atoms with Gasteiger partial charge in [-0.05, 0) is 26.0 Å². The second-order valence-electron chi connectivity index (χ2n) is 8.34. The Morgan fingerprint density at radius 3 is 1.56 bits per heavy atom. The quantitative estimate of drug-likeness (QED) is 0.338. The van der Waals surface area contributed by atoms with Crippen LogP contribution >= 0.6 is 0 Å². The maximum absolute atomic E-state index is 12.7. The monoisotopic (exact) mass is 504 g/mol. The van der Waals surface area contributed by atoms with Gasteiger partial charge in [-0.2, -0.15) is 0 Å². The molecule has 4 N–H and O–H groups in total. The highest BCUT2D eigenvalue weighted by Crippen LogP contribution is 2.15. The average molecular weight is 505 g/mol. The number of nitrogens with one attached hydrogen (secondary N) is 2. The zero-order chi connectivity index (χ0) is 27.0. The maximum Gasteiger partial charge on any atom is 0.293 e. The molecule has 0 aromatic carbocycles. The van der Waals surface area contributed by atoms with Crippen molar-refractivity contribution in [2.24, 2.45) is 19.8 Å². The van der Waals surface area contributed by atoms with E-state index in [0.29, 0.717) is 50.7 Å². The van der Waals surface area contributed by atoms with E-state index in [1.807, 2.05) is 4.90 Å². The number of nitrogens with zero attached hydrogens (tertiary/aromatic N) is 3. The third-order valence-corrected chi connectivity index (χ3v) is 6.02. The number of hydrogen-bond donors (Lipinski definition) is 3. The highest BCUT2D eigenvalue weighted by atomic mass is 16.5. The molecule has 2 aromatic heterocycles. The Hall–Kier alpha value is -3.64. The second-order valence-corrected chi connectivity index (χ2v) is 8.34. The molecule has 0 saturated carbocycles. The number of methoxy groups -OCH3 is 2. The molecule has 12 nitrogen and oxygen atoms in total. The third-order valence-electron chi connectivity index (χ3n) is 6.02. The van der Waals surface area contributed by atoms with E-state index in [1.165, 1.54) is 23.4 Å². The van der Waals surface area contributed by atoms with Gasteiger partial charge in [0.25, 0.3) is 22.9 Å². The van der Waals surface area contributed by atoms with Gasteiger partial charge >= 0.3 is 0 Å². The van der Waals surface area contributed by atoms with Crippen LogP contribution in [-0.2, 0) is 14.1 Å². The van der Waals surface area contributed by atoms with Crippen molar-refractivity contribution in [2.75, 3.05) is 53.5 Å². The fourth-order valence-corrected chi connectivity index (χ4v) is 3.69. The minimum Gasteiger partial charge on any atom is -0.491 e. The Bertz CT molecular complexity index is 1130. The molecule has 0 spiro atoms. The van der Waals surface area contributed by atoms with Crippen molar-refractivity contribution in [1.29, 1.82) is 0 Å². The Labute approximate surface area is 210 Å². The summed E-state index contributed by atoms with van der Waals surface area (Å²) in [6, 6.07) is 3.21. The largest absolute Gasteiger partial charge is 0.491 e. The molecule has 2 rings (SSSR count). The van der Waals surface area contributed by atoms with Gasteiger partial charge in [0, 0.05) is 64.8 Å². The van der Waals surface area contributed by atoms with Crippen LogP contribution in [0.3, 0.4) is 0 Å². The summed E-state index contributed by atoms with van der Waals surface area (Å²) in [6.45, 7) is 5.95. The Morgan fingerprint density at radius 1 is 0.833 bits per heavy atom. The maximum atomic E-state index is 12.7. The summed E-state index contributed by atoms with van der Waals surface area (Å²) in [6.07, 6.45) is 0. The summed E-state index contributed by atoms with van der Waals surface area (Å²) in [7, 11) is 5.93. The first kappa shape index (κ1) is 28.6. The van der Waals surface area contributed by atoms with E-state index in [1.54, 1.807) is 40.1 Å². The highest BCUT2D eigenvalue weighted by molar-refractivity contribution is 5.97. The summed E-state index contributed by atoms with van der Waals surface area (Å²) in [5.41, 5.74) is 6.57. The topological polar surface area (TPSA) is 150 Å².